The van der Waals surface area contributed by atoms with Gasteiger partial charge in [0.1, 0.15) is 5.39 Å². The average Bonchev–Trinajstić information content (AvgIpc) is 3.28. The molecule has 0 spiro atoms. The van der Waals surface area contributed by atoms with Crippen LogP contribution < -0.4 is 10.9 Å². The van der Waals surface area contributed by atoms with Crippen LogP contribution >= 0.6 is 0 Å². The van der Waals surface area contributed by atoms with E-state index in [0.29, 0.717) is 36.0 Å². The quantitative estimate of drug-likeness (QED) is 0.739. The number of H-pyrrole nitrogens is 1. The highest BCUT2D eigenvalue weighted by molar-refractivity contribution is 5.81. The zero-order valence-corrected chi connectivity index (χ0v) is 14.1. The van der Waals surface area contributed by atoms with Gasteiger partial charge in [0.2, 0.25) is 11.9 Å². The molecule has 1 saturated heterocycles. The van der Waals surface area contributed by atoms with Gasteiger partial charge >= 0.3 is 0 Å². The minimum absolute atomic E-state index is 0.0446. The first kappa shape index (κ1) is 15.1. The van der Waals surface area contributed by atoms with Gasteiger partial charge in [-0.2, -0.15) is 10.1 Å². The van der Waals surface area contributed by atoms with Crippen LogP contribution in [0.2, 0.25) is 0 Å². The summed E-state index contributed by atoms with van der Waals surface area (Å²) in [6.07, 6.45) is 4.13. The smallest absolute Gasteiger partial charge is 0.263 e. The second kappa shape index (κ2) is 5.69. The van der Waals surface area contributed by atoms with Crippen molar-refractivity contribution in [3.05, 3.63) is 46.9 Å². The van der Waals surface area contributed by atoms with E-state index in [9.17, 15) is 9.59 Å². The van der Waals surface area contributed by atoms with Crippen LogP contribution in [0.15, 0.2) is 41.3 Å². The summed E-state index contributed by atoms with van der Waals surface area (Å²) >= 11 is 0. The average molecular weight is 350 g/mol. The molecule has 8 heteroatoms. The van der Waals surface area contributed by atoms with Crippen molar-refractivity contribution in [1.82, 2.24) is 24.6 Å². The molecule has 1 atom stereocenters. The van der Waals surface area contributed by atoms with Gasteiger partial charge in [0.05, 0.1) is 17.9 Å². The van der Waals surface area contributed by atoms with Crippen LogP contribution in [0.1, 0.15) is 19.3 Å². The van der Waals surface area contributed by atoms with Gasteiger partial charge in [-0.3, -0.25) is 14.6 Å². The van der Waals surface area contributed by atoms with Crippen molar-refractivity contribution in [2.24, 2.45) is 0 Å². The Morgan fingerprint density at radius 2 is 1.96 bits per heavy atom. The van der Waals surface area contributed by atoms with Gasteiger partial charge in [0, 0.05) is 19.0 Å². The molecule has 2 fully saturated rings. The Hall–Kier alpha value is -3.16. The van der Waals surface area contributed by atoms with Gasteiger partial charge in [0.15, 0.2) is 5.65 Å². The highest BCUT2D eigenvalue weighted by atomic mass is 16.2. The number of anilines is 1. The summed E-state index contributed by atoms with van der Waals surface area (Å²) in [5.41, 5.74) is 1.08. The molecule has 2 aromatic heterocycles. The zero-order valence-electron chi connectivity index (χ0n) is 14.1. The van der Waals surface area contributed by atoms with Gasteiger partial charge in [-0.15, -0.1) is 0 Å². The number of carbonyl (C=O) groups is 1. The monoisotopic (exact) mass is 350 g/mol. The standard InChI is InChI=1S/C18H18N6O2/c25-15-8-11(10-23(15)12-6-7-12)20-18-21-16-14(17(26)22-18)9-19-24(16)13-4-2-1-3-5-13/h1-5,9,11-12H,6-8,10H2,(H2,20,21,22,26). The van der Waals surface area contributed by atoms with E-state index in [2.05, 4.69) is 20.4 Å². The fourth-order valence-electron chi connectivity index (χ4n) is 3.51. The molecular weight excluding hydrogens is 332 g/mol. The molecule has 26 heavy (non-hydrogen) atoms. The van der Waals surface area contributed by atoms with Crippen molar-refractivity contribution in [2.75, 3.05) is 11.9 Å². The topological polar surface area (TPSA) is 95.9 Å². The van der Waals surface area contributed by atoms with E-state index < -0.39 is 0 Å². The molecule has 0 bridgehead atoms. The molecule has 5 rings (SSSR count). The minimum atomic E-state index is -0.247. The summed E-state index contributed by atoms with van der Waals surface area (Å²) < 4.78 is 1.64. The molecule has 1 aliphatic carbocycles. The molecule has 8 nitrogen and oxygen atoms in total. The van der Waals surface area contributed by atoms with Gasteiger partial charge in [-0.1, -0.05) is 18.2 Å². The van der Waals surface area contributed by atoms with E-state index in [1.807, 2.05) is 35.2 Å². The maximum atomic E-state index is 12.4. The molecule has 1 aromatic carbocycles. The van der Waals surface area contributed by atoms with Crippen LogP contribution in [0.5, 0.6) is 0 Å². The molecule has 2 N–H and O–H groups in total. The molecule has 3 heterocycles. The van der Waals surface area contributed by atoms with Crippen LogP contribution in [0.4, 0.5) is 5.95 Å². The van der Waals surface area contributed by atoms with Crippen molar-refractivity contribution in [3.8, 4) is 5.69 Å². The molecule has 1 saturated carbocycles. The van der Waals surface area contributed by atoms with E-state index in [1.54, 1.807) is 4.68 Å². The maximum absolute atomic E-state index is 12.4. The number of carbonyl (C=O) groups excluding carboxylic acids is 1. The van der Waals surface area contributed by atoms with Gasteiger partial charge < -0.3 is 10.2 Å². The minimum Gasteiger partial charge on any atom is -0.351 e. The molecule has 3 aromatic rings. The van der Waals surface area contributed by atoms with Gasteiger partial charge in [-0.05, 0) is 25.0 Å². The number of amides is 1. The number of rotatable bonds is 4. The molecule has 1 amide bonds. The third-order valence-corrected chi connectivity index (χ3v) is 4.93. The lowest BCUT2D eigenvalue weighted by Gasteiger charge is -2.16. The van der Waals surface area contributed by atoms with E-state index >= 15 is 0 Å². The Balaban J connectivity index is 1.47. The summed E-state index contributed by atoms with van der Waals surface area (Å²) in [6, 6.07) is 9.92. The number of aromatic nitrogens is 4. The number of likely N-dealkylation sites (tertiary alicyclic amines) is 1. The van der Waals surface area contributed by atoms with E-state index in [0.717, 1.165) is 18.5 Å². The molecule has 132 valence electrons. The van der Waals surface area contributed by atoms with Crippen molar-refractivity contribution in [1.29, 1.82) is 0 Å². The number of hydrogen-bond acceptors (Lipinski definition) is 5. The van der Waals surface area contributed by atoms with E-state index in [4.69, 9.17) is 0 Å². The Bertz CT molecular complexity index is 1040. The molecule has 2 aliphatic rings. The third-order valence-electron chi connectivity index (χ3n) is 4.93. The summed E-state index contributed by atoms with van der Waals surface area (Å²) in [5, 5.41) is 7.95. The summed E-state index contributed by atoms with van der Waals surface area (Å²) in [6.45, 7) is 0.656. The first-order valence-electron chi connectivity index (χ1n) is 8.78. The number of nitrogens with one attached hydrogen (secondary N) is 2. The number of fused-ring (bicyclic) bond motifs is 1. The molecule has 0 radical (unpaired) electrons. The summed E-state index contributed by atoms with van der Waals surface area (Å²) in [5.74, 6) is 0.540. The summed E-state index contributed by atoms with van der Waals surface area (Å²) in [7, 11) is 0. The number of benzene rings is 1. The van der Waals surface area contributed by atoms with Crippen molar-refractivity contribution in [3.63, 3.8) is 0 Å². The number of aromatic amines is 1. The summed E-state index contributed by atoms with van der Waals surface area (Å²) in [4.78, 5) is 33.8. The second-order valence-corrected chi connectivity index (χ2v) is 6.87. The Labute approximate surface area is 148 Å². The van der Waals surface area contributed by atoms with Crippen LogP contribution in [0.3, 0.4) is 0 Å². The van der Waals surface area contributed by atoms with Gasteiger partial charge in [0.25, 0.3) is 5.56 Å². The Kier molecular flexibility index (Phi) is 3.31. The van der Waals surface area contributed by atoms with Crippen LogP contribution in [-0.4, -0.2) is 49.2 Å². The van der Waals surface area contributed by atoms with Crippen molar-refractivity contribution in [2.45, 2.75) is 31.3 Å². The zero-order chi connectivity index (χ0) is 17.7. The largest absolute Gasteiger partial charge is 0.351 e. The van der Waals surface area contributed by atoms with Crippen molar-refractivity contribution >= 4 is 22.9 Å². The Morgan fingerprint density at radius 1 is 1.15 bits per heavy atom. The van der Waals surface area contributed by atoms with E-state index in [-0.39, 0.29) is 17.5 Å². The van der Waals surface area contributed by atoms with Gasteiger partial charge in [-0.25, -0.2) is 4.68 Å². The second-order valence-electron chi connectivity index (χ2n) is 6.87. The van der Waals surface area contributed by atoms with E-state index in [1.165, 1.54) is 6.20 Å². The van der Waals surface area contributed by atoms with Crippen LogP contribution in [-0.2, 0) is 4.79 Å². The number of hydrogen-bond donors (Lipinski definition) is 2. The fourth-order valence-corrected chi connectivity index (χ4v) is 3.51. The highest BCUT2D eigenvalue weighted by Crippen LogP contribution is 2.31. The SMILES string of the molecule is O=C1CC(Nc2nc3c(cnn3-c3ccccc3)c(=O)[nH]2)CN1C1CC1. The molecule has 1 aliphatic heterocycles. The fraction of sp³-hybridized carbons (Fsp3) is 0.333. The lowest BCUT2D eigenvalue weighted by molar-refractivity contribution is -0.128. The van der Waals surface area contributed by atoms with Crippen LogP contribution in [0, 0.1) is 0 Å². The molecular formula is C18H18N6O2. The lowest BCUT2D eigenvalue weighted by atomic mass is 10.2. The predicted octanol–water partition coefficient (Wildman–Crippen LogP) is 1.28. The maximum Gasteiger partial charge on any atom is 0.263 e. The predicted molar refractivity (Wildman–Crippen MR) is 96.2 cm³/mol. The van der Waals surface area contributed by atoms with Crippen LogP contribution in [0.25, 0.3) is 16.7 Å². The normalized spacial score (nSPS) is 20.1. The third kappa shape index (κ3) is 2.54. The highest BCUT2D eigenvalue weighted by Gasteiger charge is 2.39. The Morgan fingerprint density at radius 3 is 2.73 bits per heavy atom. The first-order valence-corrected chi connectivity index (χ1v) is 8.78. The lowest BCUT2D eigenvalue weighted by Crippen LogP contribution is -2.30. The van der Waals surface area contributed by atoms with Crippen molar-refractivity contribution < 1.29 is 4.79 Å². The first-order chi connectivity index (χ1) is 12.7. The number of para-hydroxylation sites is 1. The number of nitrogens with zero attached hydrogens (tertiary/aromatic N) is 4. The molecule has 1 unspecified atom stereocenters.